The molecule has 0 atom stereocenters. The van der Waals surface area contributed by atoms with Crippen molar-refractivity contribution < 1.29 is 8.42 Å². The summed E-state index contributed by atoms with van der Waals surface area (Å²) in [7, 11) is -3.76. The largest absolute Gasteiger partial charge is 0.242 e. The Labute approximate surface area is 173 Å². The highest BCUT2D eigenvalue weighted by Gasteiger charge is 2.19. The van der Waals surface area contributed by atoms with Gasteiger partial charge in [-0.25, -0.2) is 17.7 Å². The number of thiazole rings is 1. The Hall–Kier alpha value is -1.49. The number of halogens is 2. The molecule has 3 aromatic heterocycles. The van der Waals surface area contributed by atoms with Crippen LogP contribution in [0.15, 0.2) is 46.0 Å². The number of nitrogens with zero attached hydrogens (tertiary/aromatic N) is 3. The van der Waals surface area contributed by atoms with Gasteiger partial charge in [-0.1, -0.05) is 29.3 Å². The Bertz CT molecular complexity index is 1200. The molecule has 1 aromatic carbocycles. The molecular weight excluding hydrogens is 447 g/mol. The van der Waals surface area contributed by atoms with Crippen LogP contribution in [0.5, 0.6) is 0 Å². The molecule has 11 heteroatoms. The van der Waals surface area contributed by atoms with Crippen molar-refractivity contribution >= 4 is 60.9 Å². The molecule has 0 spiro atoms. The van der Waals surface area contributed by atoms with Gasteiger partial charge in [0.15, 0.2) is 5.82 Å². The van der Waals surface area contributed by atoms with Crippen LogP contribution in [0.3, 0.4) is 0 Å². The van der Waals surface area contributed by atoms with Gasteiger partial charge in [0, 0.05) is 23.4 Å². The summed E-state index contributed by atoms with van der Waals surface area (Å²) in [5.41, 5.74) is 0.880. The molecule has 4 rings (SSSR count). The smallest absolute Gasteiger partial charge is 0.211 e. The highest BCUT2D eigenvalue weighted by Crippen LogP contribution is 2.26. The highest BCUT2D eigenvalue weighted by molar-refractivity contribution is 7.89. The molecule has 0 aliphatic carbocycles. The van der Waals surface area contributed by atoms with Crippen LogP contribution in [0.2, 0.25) is 10.0 Å². The van der Waals surface area contributed by atoms with Crippen molar-refractivity contribution in [1.82, 2.24) is 19.3 Å². The lowest BCUT2D eigenvalue weighted by Crippen LogP contribution is -2.26. The topological polar surface area (TPSA) is 76.4 Å². The Morgan fingerprint density at radius 3 is 2.81 bits per heavy atom. The molecule has 0 aliphatic rings. The first-order chi connectivity index (χ1) is 12.9. The zero-order chi connectivity index (χ0) is 19.0. The molecule has 27 heavy (non-hydrogen) atoms. The lowest BCUT2D eigenvalue weighted by atomic mass is 10.3. The van der Waals surface area contributed by atoms with Gasteiger partial charge in [-0.2, -0.15) is 4.98 Å². The third-order valence-electron chi connectivity index (χ3n) is 3.75. The van der Waals surface area contributed by atoms with E-state index in [1.54, 1.807) is 21.9 Å². The van der Waals surface area contributed by atoms with Crippen molar-refractivity contribution in [2.75, 3.05) is 6.54 Å². The third-order valence-corrected chi connectivity index (χ3v) is 7.66. The summed E-state index contributed by atoms with van der Waals surface area (Å²) in [6, 6.07) is 8.25. The van der Waals surface area contributed by atoms with Gasteiger partial charge in [0.25, 0.3) is 0 Å². The van der Waals surface area contributed by atoms with E-state index in [1.165, 1.54) is 23.5 Å². The average Bonchev–Trinajstić information content (AvgIpc) is 3.34. The summed E-state index contributed by atoms with van der Waals surface area (Å²) >= 11 is 14.9. The molecule has 3 heterocycles. The van der Waals surface area contributed by atoms with Crippen LogP contribution >= 0.6 is 45.9 Å². The zero-order valence-corrected chi connectivity index (χ0v) is 17.6. The first kappa shape index (κ1) is 18.9. The molecule has 4 aromatic rings. The SMILES string of the molecule is O=S(=O)(NCCc1csc2nc(-c3cccs3)nn12)c1cc(Cl)ccc1Cl. The normalized spacial score (nSPS) is 12.1. The molecule has 0 unspecified atom stereocenters. The first-order valence-corrected chi connectivity index (χ1v) is 11.8. The summed E-state index contributed by atoms with van der Waals surface area (Å²) in [5.74, 6) is 0.671. The van der Waals surface area contributed by atoms with Gasteiger partial charge >= 0.3 is 0 Å². The van der Waals surface area contributed by atoms with E-state index in [0.29, 0.717) is 17.3 Å². The molecule has 140 valence electrons. The number of hydrogen-bond acceptors (Lipinski definition) is 6. The maximum absolute atomic E-state index is 12.5. The van der Waals surface area contributed by atoms with Crippen LogP contribution in [-0.4, -0.2) is 29.6 Å². The predicted octanol–water partition coefficient (Wildman–Crippen LogP) is 4.35. The van der Waals surface area contributed by atoms with E-state index in [9.17, 15) is 8.42 Å². The average molecular weight is 459 g/mol. The van der Waals surface area contributed by atoms with Crippen molar-refractivity contribution in [1.29, 1.82) is 0 Å². The Morgan fingerprint density at radius 2 is 2.04 bits per heavy atom. The lowest BCUT2D eigenvalue weighted by Gasteiger charge is -2.08. The predicted molar refractivity (Wildman–Crippen MR) is 110 cm³/mol. The minimum atomic E-state index is -3.76. The van der Waals surface area contributed by atoms with Gasteiger partial charge in [0.2, 0.25) is 15.0 Å². The Kier molecular flexibility index (Phi) is 5.23. The summed E-state index contributed by atoms with van der Waals surface area (Å²) in [5, 5.41) is 8.86. The quantitative estimate of drug-likeness (QED) is 0.465. The molecule has 0 saturated heterocycles. The van der Waals surface area contributed by atoms with Gasteiger partial charge in [0.1, 0.15) is 4.90 Å². The van der Waals surface area contributed by atoms with E-state index < -0.39 is 10.0 Å². The second-order valence-electron chi connectivity index (χ2n) is 5.56. The number of fused-ring (bicyclic) bond motifs is 1. The lowest BCUT2D eigenvalue weighted by molar-refractivity contribution is 0.581. The fraction of sp³-hybridized carbons (Fsp3) is 0.125. The van der Waals surface area contributed by atoms with Gasteiger partial charge < -0.3 is 0 Å². The fourth-order valence-corrected chi connectivity index (χ4v) is 5.78. The van der Waals surface area contributed by atoms with Gasteiger partial charge in [-0.3, -0.25) is 0 Å². The van der Waals surface area contributed by atoms with E-state index in [4.69, 9.17) is 23.2 Å². The van der Waals surface area contributed by atoms with Crippen LogP contribution in [0.1, 0.15) is 5.69 Å². The number of aromatic nitrogens is 3. The van der Waals surface area contributed by atoms with Crippen LogP contribution < -0.4 is 4.72 Å². The van der Waals surface area contributed by atoms with Crippen LogP contribution in [0.25, 0.3) is 15.7 Å². The number of nitrogens with one attached hydrogen (secondary N) is 1. The third kappa shape index (κ3) is 3.89. The number of benzene rings is 1. The van der Waals surface area contributed by atoms with E-state index in [0.717, 1.165) is 15.5 Å². The highest BCUT2D eigenvalue weighted by atomic mass is 35.5. The molecule has 0 amide bonds. The van der Waals surface area contributed by atoms with Gasteiger partial charge in [0.05, 0.1) is 15.6 Å². The summed E-state index contributed by atoms with van der Waals surface area (Å²) in [6.07, 6.45) is 0.463. The summed E-state index contributed by atoms with van der Waals surface area (Å²) < 4.78 is 29.2. The number of sulfonamides is 1. The van der Waals surface area contributed by atoms with E-state index in [2.05, 4.69) is 14.8 Å². The number of thiophene rings is 1. The van der Waals surface area contributed by atoms with E-state index in [1.807, 2.05) is 22.9 Å². The van der Waals surface area contributed by atoms with Crippen LogP contribution in [0.4, 0.5) is 0 Å². The van der Waals surface area contributed by atoms with Gasteiger partial charge in [-0.15, -0.1) is 27.8 Å². The second kappa shape index (κ2) is 7.50. The Morgan fingerprint density at radius 1 is 1.19 bits per heavy atom. The first-order valence-electron chi connectivity index (χ1n) is 7.76. The monoisotopic (exact) mass is 458 g/mol. The summed E-state index contributed by atoms with van der Waals surface area (Å²) in [6.45, 7) is 0.200. The van der Waals surface area contributed by atoms with Crippen molar-refractivity contribution in [3.8, 4) is 10.7 Å². The molecule has 6 nitrogen and oxygen atoms in total. The van der Waals surface area contributed by atoms with Crippen LogP contribution in [0, 0.1) is 0 Å². The van der Waals surface area contributed by atoms with Crippen molar-refractivity contribution in [3.05, 3.63) is 56.8 Å². The van der Waals surface area contributed by atoms with Crippen molar-refractivity contribution in [2.24, 2.45) is 0 Å². The molecule has 0 fully saturated rings. The molecule has 0 radical (unpaired) electrons. The molecule has 0 saturated carbocycles. The molecular formula is C16H12Cl2N4O2S3. The minimum Gasteiger partial charge on any atom is -0.211 e. The number of rotatable bonds is 6. The molecule has 0 aliphatic heterocycles. The second-order valence-corrected chi connectivity index (χ2v) is 9.92. The standard InChI is InChI=1S/C16H12Cl2N4O2S3/c17-10-3-4-12(18)14(8-10)27(23,24)19-6-5-11-9-26-16-20-15(21-22(11)16)13-2-1-7-25-13/h1-4,7-9,19H,5-6H2. The maximum atomic E-state index is 12.5. The molecule has 1 N–H and O–H groups in total. The Balaban J connectivity index is 1.50. The molecule has 0 bridgehead atoms. The van der Waals surface area contributed by atoms with Crippen molar-refractivity contribution in [2.45, 2.75) is 11.3 Å². The van der Waals surface area contributed by atoms with Crippen molar-refractivity contribution in [3.63, 3.8) is 0 Å². The van der Waals surface area contributed by atoms with Crippen LogP contribution in [-0.2, 0) is 16.4 Å². The summed E-state index contributed by atoms with van der Waals surface area (Å²) in [4.78, 5) is 6.24. The van der Waals surface area contributed by atoms with E-state index >= 15 is 0 Å². The maximum Gasteiger partial charge on any atom is 0.242 e. The number of hydrogen-bond donors (Lipinski definition) is 1. The fourth-order valence-electron chi connectivity index (χ4n) is 2.48. The van der Waals surface area contributed by atoms with E-state index in [-0.39, 0.29) is 16.5 Å². The minimum absolute atomic E-state index is 0.0344. The van der Waals surface area contributed by atoms with Gasteiger partial charge in [-0.05, 0) is 29.6 Å². The zero-order valence-electron chi connectivity index (χ0n) is 13.6.